The minimum absolute atomic E-state index is 0.0710. The number of aryl methyl sites for hydroxylation is 1. The second kappa shape index (κ2) is 6.93. The van der Waals surface area contributed by atoms with E-state index >= 15 is 0 Å². The molecule has 1 unspecified atom stereocenters. The zero-order chi connectivity index (χ0) is 16.1. The van der Waals surface area contributed by atoms with E-state index in [1.807, 2.05) is 0 Å². The van der Waals surface area contributed by atoms with Gasteiger partial charge in [-0.15, -0.1) is 0 Å². The molecule has 1 heterocycles. The predicted molar refractivity (Wildman–Crippen MR) is 75.7 cm³/mol. The largest absolute Gasteiger partial charge is 0.435 e. The molecular formula is C15H15F2N3O2. The Morgan fingerprint density at radius 3 is 2.41 bits per heavy atom. The number of carbonyl (C=O) groups excluding carboxylic acids is 1. The highest BCUT2D eigenvalue weighted by atomic mass is 19.3. The number of hydrogen-bond acceptors (Lipinski definition) is 4. The van der Waals surface area contributed by atoms with Crippen molar-refractivity contribution in [3.63, 3.8) is 0 Å². The minimum atomic E-state index is -2.86. The number of amides is 1. The molecular weight excluding hydrogens is 292 g/mol. The van der Waals surface area contributed by atoms with Crippen molar-refractivity contribution in [1.29, 1.82) is 0 Å². The highest BCUT2D eigenvalue weighted by Gasteiger charge is 2.13. The Hall–Kier alpha value is -2.57. The van der Waals surface area contributed by atoms with Crippen molar-refractivity contribution in [1.82, 2.24) is 15.3 Å². The Kier molecular flexibility index (Phi) is 4.98. The molecule has 1 aromatic carbocycles. The number of halogens is 2. The number of ether oxygens (including phenoxy) is 1. The van der Waals surface area contributed by atoms with E-state index in [4.69, 9.17) is 0 Å². The first-order valence-corrected chi connectivity index (χ1v) is 6.60. The number of rotatable bonds is 5. The van der Waals surface area contributed by atoms with Gasteiger partial charge in [0.1, 0.15) is 11.4 Å². The van der Waals surface area contributed by atoms with Gasteiger partial charge in [-0.25, -0.2) is 4.98 Å². The molecule has 0 bridgehead atoms. The molecule has 0 aliphatic rings. The lowest BCUT2D eigenvalue weighted by Crippen LogP contribution is -2.27. The second-order valence-electron chi connectivity index (χ2n) is 4.69. The van der Waals surface area contributed by atoms with Crippen LogP contribution in [0.25, 0.3) is 0 Å². The van der Waals surface area contributed by atoms with Crippen molar-refractivity contribution in [2.45, 2.75) is 26.5 Å². The average Bonchev–Trinajstić information content (AvgIpc) is 2.48. The standard InChI is InChI=1S/C15H15F2N3O2/c1-9-7-19-13(8-18-9)14(21)20-10(2)11-3-5-12(6-4-11)22-15(16)17/h3-8,10,15H,1-2H3,(H,20,21). The van der Waals surface area contributed by atoms with Gasteiger partial charge in [0.05, 0.1) is 17.9 Å². The maximum Gasteiger partial charge on any atom is 0.387 e. The summed E-state index contributed by atoms with van der Waals surface area (Å²) in [6, 6.07) is 5.77. The molecule has 0 spiro atoms. The topological polar surface area (TPSA) is 64.1 Å². The van der Waals surface area contributed by atoms with Crippen molar-refractivity contribution < 1.29 is 18.3 Å². The van der Waals surface area contributed by atoms with Crippen molar-refractivity contribution in [3.8, 4) is 5.75 Å². The number of nitrogens with one attached hydrogen (secondary N) is 1. The Balaban J connectivity index is 2.00. The Bertz CT molecular complexity index is 630. The highest BCUT2D eigenvalue weighted by Crippen LogP contribution is 2.19. The molecule has 1 N–H and O–H groups in total. The molecule has 7 heteroatoms. The van der Waals surface area contributed by atoms with Gasteiger partial charge >= 0.3 is 6.61 Å². The van der Waals surface area contributed by atoms with Crippen molar-refractivity contribution >= 4 is 5.91 Å². The van der Waals surface area contributed by atoms with Crippen LogP contribution in [-0.4, -0.2) is 22.5 Å². The maximum absolute atomic E-state index is 12.1. The highest BCUT2D eigenvalue weighted by molar-refractivity contribution is 5.92. The molecule has 5 nitrogen and oxygen atoms in total. The van der Waals surface area contributed by atoms with Gasteiger partial charge in [0.25, 0.3) is 5.91 Å². The Morgan fingerprint density at radius 1 is 1.18 bits per heavy atom. The van der Waals surface area contributed by atoms with Gasteiger partial charge in [-0.2, -0.15) is 8.78 Å². The molecule has 1 amide bonds. The van der Waals surface area contributed by atoms with E-state index in [2.05, 4.69) is 20.0 Å². The van der Waals surface area contributed by atoms with E-state index in [1.165, 1.54) is 24.5 Å². The Morgan fingerprint density at radius 2 is 1.86 bits per heavy atom. The number of aromatic nitrogens is 2. The van der Waals surface area contributed by atoms with Crippen LogP contribution >= 0.6 is 0 Å². The summed E-state index contributed by atoms with van der Waals surface area (Å²) >= 11 is 0. The normalized spacial score (nSPS) is 12.0. The summed E-state index contributed by atoms with van der Waals surface area (Å²) < 4.78 is 28.4. The van der Waals surface area contributed by atoms with E-state index in [-0.39, 0.29) is 23.4 Å². The van der Waals surface area contributed by atoms with Gasteiger partial charge in [-0.3, -0.25) is 9.78 Å². The summed E-state index contributed by atoms with van der Waals surface area (Å²) in [6.45, 7) is 0.700. The lowest BCUT2D eigenvalue weighted by molar-refractivity contribution is -0.0498. The minimum Gasteiger partial charge on any atom is -0.435 e. The molecule has 1 aromatic heterocycles. The maximum atomic E-state index is 12.1. The van der Waals surface area contributed by atoms with E-state index in [0.717, 1.165) is 11.3 Å². The molecule has 0 aliphatic carbocycles. The second-order valence-corrected chi connectivity index (χ2v) is 4.69. The summed E-state index contributed by atoms with van der Waals surface area (Å²) in [6.07, 6.45) is 2.91. The predicted octanol–water partition coefficient (Wildman–Crippen LogP) is 2.88. The fourth-order valence-corrected chi connectivity index (χ4v) is 1.80. The fraction of sp³-hybridized carbons (Fsp3) is 0.267. The van der Waals surface area contributed by atoms with Gasteiger partial charge in [0.2, 0.25) is 0 Å². The third-order valence-electron chi connectivity index (χ3n) is 2.97. The smallest absolute Gasteiger partial charge is 0.387 e. The fourth-order valence-electron chi connectivity index (χ4n) is 1.80. The van der Waals surface area contributed by atoms with Crippen LogP contribution in [0.1, 0.15) is 34.7 Å². The van der Waals surface area contributed by atoms with Crippen LogP contribution in [0.5, 0.6) is 5.75 Å². The summed E-state index contributed by atoms with van der Waals surface area (Å²) in [5.74, 6) is -0.283. The van der Waals surface area contributed by atoms with E-state index < -0.39 is 6.61 Å². The van der Waals surface area contributed by atoms with E-state index in [9.17, 15) is 13.6 Å². The quantitative estimate of drug-likeness (QED) is 0.922. The van der Waals surface area contributed by atoms with Gasteiger partial charge in [0.15, 0.2) is 0 Å². The van der Waals surface area contributed by atoms with Crippen LogP contribution in [-0.2, 0) is 0 Å². The van der Waals surface area contributed by atoms with Crippen LogP contribution in [0.2, 0.25) is 0 Å². The van der Waals surface area contributed by atoms with Crippen molar-refractivity contribution in [2.24, 2.45) is 0 Å². The van der Waals surface area contributed by atoms with Gasteiger partial charge in [-0.05, 0) is 31.5 Å². The van der Waals surface area contributed by atoms with E-state index in [0.29, 0.717) is 0 Å². The number of nitrogens with zero attached hydrogens (tertiary/aromatic N) is 2. The molecule has 0 saturated carbocycles. The first-order valence-electron chi connectivity index (χ1n) is 6.60. The lowest BCUT2D eigenvalue weighted by Gasteiger charge is -2.14. The van der Waals surface area contributed by atoms with Gasteiger partial charge in [0, 0.05) is 6.20 Å². The van der Waals surface area contributed by atoms with Crippen LogP contribution < -0.4 is 10.1 Å². The van der Waals surface area contributed by atoms with E-state index in [1.54, 1.807) is 26.0 Å². The zero-order valence-electron chi connectivity index (χ0n) is 12.1. The molecule has 2 aromatic rings. The average molecular weight is 307 g/mol. The van der Waals surface area contributed by atoms with Crippen LogP contribution in [0.15, 0.2) is 36.7 Å². The van der Waals surface area contributed by atoms with Gasteiger partial charge in [-0.1, -0.05) is 12.1 Å². The molecule has 0 radical (unpaired) electrons. The summed E-state index contributed by atoms with van der Waals surface area (Å²) in [7, 11) is 0. The monoisotopic (exact) mass is 307 g/mol. The molecule has 0 fully saturated rings. The summed E-state index contributed by atoms with van der Waals surface area (Å²) in [4.78, 5) is 20.0. The Labute approximate surface area is 126 Å². The van der Waals surface area contributed by atoms with Gasteiger partial charge < -0.3 is 10.1 Å². The molecule has 0 saturated heterocycles. The number of carbonyl (C=O) groups is 1. The summed E-state index contributed by atoms with van der Waals surface area (Å²) in [5.41, 5.74) is 1.70. The lowest BCUT2D eigenvalue weighted by atomic mass is 10.1. The first kappa shape index (κ1) is 15.8. The molecule has 116 valence electrons. The van der Waals surface area contributed by atoms with Crippen molar-refractivity contribution in [2.75, 3.05) is 0 Å². The van der Waals surface area contributed by atoms with Crippen LogP contribution in [0, 0.1) is 6.92 Å². The molecule has 2 rings (SSSR count). The van der Waals surface area contributed by atoms with Crippen molar-refractivity contribution in [3.05, 3.63) is 53.6 Å². The first-order chi connectivity index (χ1) is 10.5. The molecule has 0 aliphatic heterocycles. The molecule has 22 heavy (non-hydrogen) atoms. The number of alkyl halides is 2. The molecule has 1 atom stereocenters. The number of hydrogen-bond donors (Lipinski definition) is 1. The van der Waals surface area contributed by atoms with Crippen LogP contribution in [0.3, 0.4) is 0 Å². The summed E-state index contributed by atoms with van der Waals surface area (Å²) in [5, 5.41) is 2.76. The SMILES string of the molecule is Cc1cnc(C(=O)NC(C)c2ccc(OC(F)F)cc2)cn1. The third kappa shape index (κ3) is 4.21. The number of benzene rings is 1. The van der Waals surface area contributed by atoms with Crippen LogP contribution in [0.4, 0.5) is 8.78 Å². The zero-order valence-corrected chi connectivity index (χ0v) is 12.1. The third-order valence-corrected chi connectivity index (χ3v) is 2.97.